The van der Waals surface area contributed by atoms with Crippen LogP contribution in [0.2, 0.25) is 26.2 Å². The number of pyridine rings is 1. The molecular weight excluding hydrogens is 346 g/mol. The molecule has 0 atom stereocenters. The molecule has 0 fully saturated rings. The molecule has 0 aliphatic rings. The van der Waals surface area contributed by atoms with Crippen molar-refractivity contribution in [1.82, 2.24) is 4.98 Å². The summed E-state index contributed by atoms with van der Waals surface area (Å²) < 4.78 is 18.4. The summed E-state index contributed by atoms with van der Waals surface area (Å²) in [5, 5.41) is 0. The normalized spacial score (nSPS) is 12.8. The van der Waals surface area contributed by atoms with E-state index in [-0.39, 0.29) is 0 Å². The maximum Gasteiger partial charge on any atom is 0.323 e. The fourth-order valence-electron chi connectivity index (χ4n) is 2.51. The highest BCUT2D eigenvalue weighted by atomic mass is 28.5. The molecule has 0 spiro atoms. The second-order valence-electron chi connectivity index (χ2n) is 7.16. The van der Waals surface area contributed by atoms with E-state index in [1.807, 2.05) is 18.3 Å². The first-order valence-electron chi connectivity index (χ1n) is 9.36. The highest BCUT2D eigenvalue weighted by Gasteiger charge is 2.36. The van der Waals surface area contributed by atoms with Gasteiger partial charge in [-0.2, -0.15) is 0 Å². The molecule has 1 aromatic heterocycles. The SMILES string of the molecule is CCCCC/C=C\CCO[Si](C)(C)O[Si](C)(C)OCc1cccnc1. The van der Waals surface area contributed by atoms with Gasteiger partial charge in [-0.1, -0.05) is 38.0 Å². The summed E-state index contributed by atoms with van der Waals surface area (Å²) in [6.45, 7) is 11.8. The van der Waals surface area contributed by atoms with Gasteiger partial charge in [0.2, 0.25) is 0 Å². The van der Waals surface area contributed by atoms with E-state index in [4.69, 9.17) is 13.0 Å². The van der Waals surface area contributed by atoms with Crippen LogP contribution in [0, 0.1) is 0 Å². The maximum atomic E-state index is 6.30. The number of hydrogen-bond donors (Lipinski definition) is 0. The van der Waals surface area contributed by atoms with E-state index in [1.54, 1.807) is 6.20 Å². The Hall–Kier alpha value is -0.796. The first-order chi connectivity index (χ1) is 11.8. The third kappa shape index (κ3) is 11.4. The molecule has 0 amide bonds. The average molecular weight is 382 g/mol. The van der Waals surface area contributed by atoms with Crippen LogP contribution < -0.4 is 0 Å². The number of aromatic nitrogens is 1. The quantitative estimate of drug-likeness (QED) is 0.255. The average Bonchev–Trinajstić information content (AvgIpc) is 2.55. The Balaban J connectivity index is 2.27. The van der Waals surface area contributed by atoms with Gasteiger partial charge in [-0.05, 0) is 57.1 Å². The number of rotatable bonds is 13. The zero-order valence-electron chi connectivity index (χ0n) is 16.6. The van der Waals surface area contributed by atoms with Gasteiger partial charge in [-0.25, -0.2) is 0 Å². The number of nitrogens with zero attached hydrogens (tertiary/aromatic N) is 1. The Bertz CT molecular complexity index is 493. The van der Waals surface area contributed by atoms with E-state index in [9.17, 15) is 0 Å². The Kier molecular flexibility index (Phi) is 10.5. The summed E-state index contributed by atoms with van der Waals surface area (Å²) in [5.41, 5.74) is 1.07. The topological polar surface area (TPSA) is 40.6 Å². The van der Waals surface area contributed by atoms with E-state index in [1.165, 1.54) is 25.7 Å². The minimum atomic E-state index is -2.22. The molecule has 0 saturated heterocycles. The molecule has 0 bridgehead atoms. The van der Waals surface area contributed by atoms with Crippen LogP contribution in [0.3, 0.4) is 0 Å². The molecule has 0 radical (unpaired) electrons. The van der Waals surface area contributed by atoms with Crippen molar-refractivity contribution in [2.45, 2.75) is 71.8 Å². The molecule has 4 nitrogen and oxygen atoms in total. The van der Waals surface area contributed by atoms with Gasteiger partial charge in [0.25, 0.3) is 0 Å². The largest absolute Gasteiger partial charge is 0.415 e. The molecule has 25 heavy (non-hydrogen) atoms. The Morgan fingerprint density at radius 1 is 1.00 bits per heavy atom. The first kappa shape index (κ1) is 22.2. The van der Waals surface area contributed by atoms with Crippen LogP contribution in [-0.4, -0.2) is 28.7 Å². The molecule has 0 N–H and O–H groups in total. The van der Waals surface area contributed by atoms with Crippen molar-refractivity contribution >= 4 is 17.1 Å². The number of allylic oxidation sites excluding steroid dienone is 1. The fourth-order valence-corrected chi connectivity index (χ4v) is 8.84. The molecule has 142 valence electrons. The van der Waals surface area contributed by atoms with Gasteiger partial charge in [-0.3, -0.25) is 4.98 Å². The van der Waals surface area contributed by atoms with E-state index >= 15 is 0 Å². The van der Waals surface area contributed by atoms with Crippen LogP contribution in [0.5, 0.6) is 0 Å². The highest BCUT2D eigenvalue weighted by Crippen LogP contribution is 2.18. The fraction of sp³-hybridized carbons (Fsp3) is 0.632. The van der Waals surface area contributed by atoms with Crippen LogP contribution in [0.4, 0.5) is 0 Å². The summed E-state index contributed by atoms with van der Waals surface area (Å²) in [6, 6.07) is 3.94. The lowest BCUT2D eigenvalue weighted by Crippen LogP contribution is -2.48. The van der Waals surface area contributed by atoms with Crippen molar-refractivity contribution in [2.24, 2.45) is 0 Å². The van der Waals surface area contributed by atoms with Crippen molar-refractivity contribution in [1.29, 1.82) is 0 Å². The Morgan fingerprint density at radius 2 is 1.72 bits per heavy atom. The second-order valence-corrected chi connectivity index (χ2v) is 14.1. The van der Waals surface area contributed by atoms with Crippen molar-refractivity contribution in [3.8, 4) is 0 Å². The first-order valence-corrected chi connectivity index (χ1v) is 15.0. The van der Waals surface area contributed by atoms with E-state index in [0.717, 1.165) is 18.6 Å². The molecular formula is C19H35NO3Si2. The predicted octanol–water partition coefficient (Wildman–Crippen LogP) is 5.56. The Morgan fingerprint density at radius 3 is 2.40 bits per heavy atom. The van der Waals surface area contributed by atoms with Crippen molar-refractivity contribution in [2.75, 3.05) is 6.61 Å². The van der Waals surface area contributed by atoms with E-state index in [0.29, 0.717) is 6.61 Å². The monoisotopic (exact) mass is 381 g/mol. The van der Waals surface area contributed by atoms with E-state index < -0.39 is 17.1 Å². The number of unbranched alkanes of at least 4 members (excludes halogenated alkanes) is 3. The summed E-state index contributed by atoms with van der Waals surface area (Å²) in [6.07, 6.45) is 14.1. The van der Waals surface area contributed by atoms with Crippen LogP contribution in [-0.2, 0) is 19.6 Å². The molecule has 0 aliphatic carbocycles. The van der Waals surface area contributed by atoms with Crippen molar-refractivity contribution < 1.29 is 13.0 Å². The van der Waals surface area contributed by atoms with Gasteiger partial charge in [0, 0.05) is 19.0 Å². The lowest BCUT2D eigenvalue weighted by atomic mass is 10.2. The molecule has 1 heterocycles. The van der Waals surface area contributed by atoms with Gasteiger partial charge >= 0.3 is 17.1 Å². The molecule has 1 aromatic rings. The van der Waals surface area contributed by atoms with Gasteiger partial charge in [0.05, 0.1) is 6.61 Å². The smallest absolute Gasteiger partial charge is 0.323 e. The zero-order valence-corrected chi connectivity index (χ0v) is 18.6. The predicted molar refractivity (Wildman–Crippen MR) is 109 cm³/mol. The molecule has 0 unspecified atom stereocenters. The van der Waals surface area contributed by atoms with Crippen LogP contribution in [0.1, 0.15) is 44.6 Å². The van der Waals surface area contributed by atoms with E-state index in [2.05, 4.69) is 50.2 Å². The van der Waals surface area contributed by atoms with Crippen LogP contribution >= 0.6 is 0 Å². The molecule has 1 rings (SSSR count). The van der Waals surface area contributed by atoms with Crippen molar-refractivity contribution in [3.05, 3.63) is 42.2 Å². The highest BCUT2D eigenvalue weighted by molar-refractivity contribution is 6.78. The molecule has 0 aromatic carbocycles. The third-order valence-electron chi connectivity index (χ3n) is 3.68. The second kappa shape index (κ2) is 11.7. The lowest BCUT2D eigenvalue weighted by molar-refractivity contribution is 0.191. The molecule has 6 heteroatoms. The van der Waals surface area contributed by atoms with Crippen molar-refractivity contribution in [3.63, 3.8) is 0 Å². The standard InChI is InChI=1S/C19H35NO3Si2/c1-6-7-8-9-10-11-12-16-21-24(2,3)23-25(4,5)22-18-19-14-13-15-20-17-19/h10-11,13-15,17H,6-9,12,16,18H2,1-5H3/b11-10-. The summed E-state index contributed by atoms with van der Waals surface area (Å²) >= 11 is 0. The molecule has 0 saturated carbocycles. The molecule has 0 aliphatic heterocycles. The van der Waals surface area contributed by atoms with Gasteiger partial charge < -0.3 is 13.0 Å². The van der Waals surface area contributed by atoms with Gasteiger partial charge in [-0.15, -0.1) is 0 Å². The van der Waals surface area contributed by atoms with Crippen LogP contribution in [0.25, 0.3) is 0 Å². The number of hydrogen-bond acceptors (Lipinski definition) is 4. The maximum absolute atomic E-state index is 6.30. The summed E-state index contributed by atoms with van der Waals surface area (Å²) in [5.74, 6) is 0. The van der Waals surface area contributed by atoms with Crippen LogP contribution in [0.15, 0.2) is 36.7 Å². The minimum Gasteiger partial charge on any atom is -0.415 e. The van der Waals surface area contributed by atoms with Gasteiger partial charge in [0.15, 0.2) is 0 Å². The summed E-state index contributed by atoms with van der Waals surface area (Å²) in [4.78, 5) is 4.11. The Labute approximate surface area is 156 Å². The summed E-state index contributed by atoms with van der Waals surface area (Å²) in [7, 11) is -4.39. The third-order valence-corrected chi connectivity index (χ3v) is 9.35. The zero-order chi connectivity index (χ0) is 18.6. The van der Waals surface area contributed by atoms with Gasteiger partial charge in [0.1, 0.15) is 0 Å². The lowest BCUT2D eigenvalue weighted by Gasteiger charge is -2.32. The minimum absolute atomic E-state index is 0.540.